The minimum atomic E-state index is -0.411. The molecule has 0 aliphatic carbocycles. The molecule has 1 aliphatic heterocycles. The van der Waals surface area contributed by atoms with Crippen LogP contribution in [0.1, 0.15) is 54.0 Å². The van der Waals surface area contributed by atoms with Gasteiger partial charge in [-0.15, -0.1) is 0 Å². The Kier molecular flexibility index (Phi) is 5.25. The highest BCUT2D eigenvalue weighted by Gasteiger charge is 2.36. The third-order valence-electron chi connectivity index (χ3n) is 3.62. The molecule has 0 atom stereocenters. The van der Waals surface area contributed by atoms with Crippen molar-refractivity contribution in [2.75, 3.05) is 19.6 Å². The fourth-order valence-electron chi connectivity index (χ4n) is 2.58. The Morgan fingerprint density at radius 2 is 1.86 bits per heavy atom. The molecule has 2 heterocycles. The molecule has 3 amide bonds. The monoisotopic (exact) mass is 303 g/mol. The van der Waals surface area contributed by atoms with Gasteiger partial charge in [-0.1, -0.05) is 13.8 Å². The molecular weight excluding hydrogens is 282 g/mol. The highest BCUT2D eigenvalue weighted by atomic mass is 16.2. The van der Waals surface area contributed by atoms with Gasteiger partial charge in [0.15, 0.2) is 0 Å². The van der Waals surface area contributed by atoms with E-state index < -0.39 is 5.91 Å². The first-order valence-electron chi connectivity index (χ1n) is 7.69. The topological polar surface area (TPSA) is 70.6 Å². The zero-order valence-electron chi connectivity index (χ0n) is 13.0. The van der Waals surface area contributed by atoms with Gasteiger partial charge in [-0.25, -0.2) is 0 Å². The van der Waals surface area contributed by atoms with Gasteiger partial charge in [0, 0.05) is 32.3 Å². The average Bonchev–Trinajstić information content (AvgIpc) is 2.77. The van der Waals surface area contributed by atoms with Crippen molar-refractivity contribution < 1.29 is 14.4 Å². The summed E-state index contributed by atoms with van der Waals surface area (Å²) in [6.07, 6.45) is 3.43. The van der Waals surface area contributed by atoms with Crippen molar-refractivity contribution in [1.82, 2.24) is 14.8 Å². The first-order chi connectivity index (χ1) is 10.6. The molecule has 1 aromatic heterocycles. The summed E-state index contributed by atoms with van der Waals surface area (Å²) in [5.74, 6) is -0.794. The predicted octanol–water partition coefficient (Wildman–Crippen LogP) is 1.72. The van der Waals surface area contributed by atoms with Gasteiger partial charge < -0.3 is 4.90 Å². The number of aromatic nitrogens is 1. The van der Waals surface area contributed by atoms with Crippen LogP contribution in [0.25, 0.3) is 0 Å². The lowest BCUT2D eigenvalue weighted by Gasteiger charge is -2.22. The van der Waals surface area contributed by atoms with E-state index in [-0.39, 0.29) is 30.5 Å². The number of amides is 3. The van der Waals surface area contributed by atoms with Crippen LogP contribution in [0, 0.1) is 0 Å². The minimum Gasteiger partial charge on any atom is -0.343 e. The van der Waals surface area contributed by atoms with Gasteiger partial charge in [0.05, 0.1) is 5.56 Å². The maximum Gasteiger partial charge on any atom is 0.280 e. The molecule has 1 aliphatic rings. The Hall–Kier alpha value is -2.24. The predicted molar refractivity (Wildman–Crippen MR) is 81.4 cm³/mol. The van der Waals surface area contributed by atoms with Crippen molar-refractivity contribution in [2.45, 2.75) is 33.1 Å². The minimum absolute atomic E-state index is 0.0202. The second-order valence-corrected chi connectivity index (χ2v) is 5.29. The van der Waals surface area contributed by atoms with Crippen molar-refractivity contribution in [1.29, 1.82) is 0 Å². The van der Waals surface area contributed by atoms with E-state index >= 15 is 0 Å². The van der Waals surface area contributed by atoms with Crippen molar-refractivity contribution in [3.63, 3.8) is 0 Å². The smallest absolute Gasteiger partial charge is 0.280 e. The maximum atomic E-state index is 12.2. The second-order valence-electron chi connectivity index (χ2n) is 5.29. The molecule has 0 fully saturated rings. The molecule has 6 heteroatoms. The zero-order valence-corrected chi connectivity index (χ0v) is 13.0. The zero-order chi connectivity index (χ0) is 16.1. The molecule has 0 saturated heterocycles. The fourth-order valence-corrected chi connectivity index (χ4v) is 2.58. The highest BCUT2D eigenvalue weighted by molar-refractivity contribution is 6.20. The van der Waals surface area contributed by atoms with Gasteiger partial charge in [0.2, 0.25) is 5.91 Å². The number of hydrogen-bond acceptors (Lipinski definition) is 4. The van der Waals surface area contributed by atoms with Gasteiger partial charge in [0.25, 0.3) is 11.8 Å². The first kappa shape index (κ1) is 16.1. The quantitative estimate of drug-likeness (QED) is 0.719. The molecule has 22 heavy (non-hydrogen) atoms. The Morgan fingerprint density at radius 1 is 1.18 bits per heavy atom. The van der Waals surface area contributed by atoms with Crippen LogP contribution in [-0.4, -0.2) is 52.1 Å². The maximum absolute atomic E-state index is 12.2. The summed E-state index contributed by atoms with van der Waals surface area (Å²) in [6, 6.07) is 3.22. The lowest BCUT2D eigenvalue weighted by atomic mass is 10.2. The van der Waals surface area contributed by atoms with Gasteiger partial charge in [-0.2, -0.15) is 0 Å². The molecule has 0 saturated carbocycles. The van der Waals surface area contributed by atoms with E-state index in [0.29, 0.717) is 18.7 Å². The van der Waals surface area contributed by atoms with Crippen molar-refractivity contribution >= 4 is 17.7 Å². The van der Waals surface area contributed by atoms with Crippen LogP contribution in [-0.2, 0) is 4.79 Å². The number of nitrogens with zero attached hydrogens (tertiary/aromatic N) is 3. The van der Waals surface area contributed by atoms with E-state index in [9.17, 15) is 14.4 Å². The molecule has 0 radical (unpaired) electrons. The van der Waals surface area contributed by atoms with E-state index in [1.807, 2.05) is 13.8 Å². The number of imide groups is 1. The number of rotatable bonds is 7. The van der Waals surface area contributed by atoms with E-state index in [1.165, 1.54) is 6.20 Å². The normalized spacial score (nSPS) is 13.5. The van der Waals surface area contributed by atoms with E-state index in [0.717, 1.165) is 17.7 Å². The fraction of sp³-hybridized carbons (Fsp3) is 0.500. The van der Waals surface area contributed by atoms with Crippen molar-refractivity contribution in [3.05, 3.63) is 29.6 Å². The van der Waals surface area contributed by atoms with Crippen LogP contribution in [0.2, 0.25) is 0 Å². The summed E-state index contributed by atoms with van der Waals surface area (Å²) in [6.45, 7) is 5.56. The van der Waals surface area contributed by atoms with Crippen LogP contribution >= 0.6 is 0 Å². The molecule has 0 unspecified atom stereocenters. The Balaban J connectivity index is 1.99. The summed E-state index contributed by atoms with van der Waals surface area (Å²) in [4.78, 5) is 43.4. The number of hydrogen-bond donors (Lipinski definition) is 0. The number of carbonyl (C=O) groups is 3. The summed E-state index contributed by atoms with van der Waals surface area (Å²) in [5, 5.41) is 0. The molecule has 0 N–H and O–H groups in total. The average molecular weight is 303 g/mol. The summed E-state index contributed by atoms with van der Waals surface area (Å²) in [7, 11) is 0. The van der Waals surface area contributed by atoms with Crippen LogP contribution in [0.5, 0.6) is 0 Å². The second kappa shape index (κ2) is 7.15. The standard InChI is InChI=1S/C16H21N3O3/c1-3-9-18(10-4-2)13(20)7-11-19-15(21)12-6-5-8-17-14(12)16(19)22/h5-6,8H,3-4,7,9-11H2,1-2H3. The summed E-state index contributed by atoms with van der Waals surface area (Å²) < 4.78 is 0. The number of fused-ring (bicyclic) bond motifs is 1. The van der Waals surface area contributed by atoms with Crippen molar-refractivity contribution in [3.8, 4) is 0 Å². The molecule has 0 aromatic carbocycles. The third-order valence-corrected chi connectivity index (χ3v) is 3.62. The van der Waals surface area contributed by atoms with Crippen LogP contribution in [0.3, 0.4) is 0 Å². The van der Waals surface area contributed by atoms with Gasteiger partial charge in [0.1, 0.15) is 5.69 Å². The van der Waals surface area contributed by atoms with Crippen LogP contribution in [0.4, 0.5) is 0 Å². The lowest BCUT2D eigenvalue weighted by Crippen LogP contribution is -2.37. The number of carbonyl (C=O) groups excluding carboxylic acids is 3. The Bertz CT molecular complexity index is 545. The molecular formula is C16H21N3O3. The van der Waals surface area contributed by atoms with E-state index in [4.69, 9.17) is 0 Å². The third kappa shape index (κ3) is 3.16. The van der Waals surface area contributed by atoms with Gasteiger partial charge in [-0.05, 0) is 25.0 Å². The lowest BCUT2D eigenvalue weighted by molar-refractivity contribution is -0.131. The Morgan fingerprint density at radius 3 is 2.45 bits per heavy atom. The molecule has 2 rings (SSSR count). The van der Waals surface area contributed by atoms with E-state index in [2.05, 4.69) is 4.98 Å². The number of pyridine rings is 1. The van der Waals surface area contributed by atoms with Crippen LogP contribution < -0.4 is 0 Å². The van der Waals surface area contributed by atoms with Crippen LogP contribution in [0.15, 0.2) is 18.3 Å². The molecule has 0 bridgehead atoms. The first-order valence-corrected chi connectivity index (χ1v) is 7.69. The Labute approximate surface area is 130 Å². The summed E-state index contributed by atoms with van der Waals surface area (Å²) in [5.41, 5.74) is 0.498. The van der Waals surface area contributed by atoms with Gasteiger partial charge in [-0.3, -0.25) is 24.3 Å². The molecule has 0 spiro atoms. The SMILES string of the molecule is CCCN(CCC)C(=O)CCN1C(=O)c2cccnc2C1=O. The van der Waals surface area contributed by atoms with Gasteiger partial charge >= 0.3 is 0 Å². The molecule has 6 nitrogen and oxygen atoms in total. The highest BCUT2D eigenvalue weighted by Crippen LogP contribution is 2.20. The molecule has 1 aromatic rings. The molecule has 118 valence electrons. The largest absolute Gasteiger partial charge is 0.343 e. The van der Waals surface area contributed by atoms with Crippen molar-refractivity contribution in [2.24, 2.45) is 0 Å². The van der Waals surface area contributed by atoms with E-state index in [1.54, 1.807) is 17.0 Å². The summed E-state index contributed by atoms with van der Waals surface area (Å²) >= 11 is 0.